The average molecular weight is 655 g/mol. The number of nitrogens with one attached hydrogen (secondary N) is 2. The lowest BCUT2D eigenvalue weighted by atomic mass is 9.93. The maximum Gasteiger partial charge on any atom is 0.336 e. The molecule has 0 aliphatic heterocycles. The molecular formula is C29H20Cl2N4O10. The minimum atomic E-state index is -1.45. The van der Waals surface area contributed by atoms with E-state index in [0.29, 0.717) is 11.1 Å². The zero-order valence-corrected chi connectivity index (χ0v) is 24.1. The summed E-state index contributed by atoms with van der Waals surface area (Å²) in [6.07, 6.45) is 0.274. The fourth-order valence-corrected chi connectivity index (χ4v) is 5.10. The molecule has 0 aliphatic rings. The Hall–Kier alpha value is -5.41. The van der Waals surface area contributed by atoms with Gasteiger partial charge in [0.15, 0.2) is 0 Å². The molecule has 4 aromatic rings. The molecule has 45 heavy (non-hydrogen) atoms. The minimum Gasteiger partial charge on any atom is -0.478 e. The van der Waals surface area contributed by atoms with E-state index in [0.717, 1.165) is 36.4 Å². The molecule has 5 N–H and O–H groups in total. The third-order valence-electron chi connectivity index (χ3n) is 6.67. The number of carbonyl (C=O) groups excluding carboxylic acids is 1. The van der Waals surface area contributed by atoms with Crippen molar-refractivity contribution < 1.29 is 39.7 Å². The Bertz CT molecular complexity index is 1880. The van der Waals surface area contributed by atoms with Crippen LogP contribution in [-0.2, 0) is 6.42 Å². The van der Waals surface area contributed by atoms with Crippen molar-refractivity contribution >= 4 is 58.1 Å². The molecule has 0 aromatic heterocycles. The van der Waals surface area contributed by atoms with E-state index in [4.69, 9.17) is 23.2 Å². The van der Waals surface area contributed by atoms with E-state index in [9.17, 15) is 50.0 Å². The van der Waals surface area contributed by atoms with Gasteiger partial charge in [0.05, 0.1) is 43.3 Å². The summed E-state index contributed by atoms with van der Waals surface area (Å²) in [7, 11) is 0. The van der Waals surface area contributed by atoms with Crippen molar-refractivity contribution in [1.82, 2.24) is 5.48 Å². The van der Waals surface area contributed by atoms with Crippen LogP contribution in [0.15, 0.2) is 72.8 Å². The summed E-state index contributed by atoms with van der Waals surface area (Å²) in [6, 6.07) is 14.0. The molecule has 1 unspecified atom stereocenters. The Morgan fingerprint density at radius 3 is 1.80 bits per heavy atom. The highest BCUT2D eigenvalue weighted by Crippen LogP contribution is 2.34. The van der Waals surface area contributed by atoms with E-state index in [2.05, 4.69) is 5.32 Å². The Balaban J connectivity index is 1.57. The fourth-order valence-electron chi connectivity index (χ4n) is 4.53. The number of aromatic carboxylic acids is 2. The van der Waals surface area contributed by atoms with Gasteiger partial charge in [0.2, 0.25) is 0 Å². The quantitative estimate of drug-likeness (QED) is 0.0915. The monoisotopic (exact) mass is 654 g/mol. The van der Waals surface area contributed by atoms with E-state index in [1.807, 2.05) is 5.48 Å². The zero-order valence-electron chi connectivity index (χ0n) is 22.6. The van der Waals surface area contributed by atoms with Crippen molar-refractivity contribution in [3.63, 3.8) is 0 Å². The number of hydrogen-bond donors (Lipinski definition) is 5. The lowest BCUT2D eigenvalue weighted by Crippen LogP contribution is -2.22. The largest absolute Gasteiger partial charge is 0.478 e. The van der Waals surface area contributed by atoms with Crippen LogP contribution in [-0.4, -0.2) is 43.1 Å². The molecule has 1 amide bonds. The van der Waals surface area contributed by atoms with Crippen LogP contribution in [0.5, 0.6) is 0 Å². The first-order valence-electron chi connectivity index (χ1n) is 12.6. The van der Waals surface area contributed by atoms with Crippen molar-refractivity contribution in [1.29, 1.82) is 0 Å². The van der Waals surface area contributed by atoms with Gasteiger partial charge < -0.3 is 20.7 Å². The second-order valence-corrected chi connectivity index (χ2v) is 10.3. The van der Waals surface area contributed by atoms with Crippen molar-refractivity contribution in [3.8, 4) is 0 Å². The molecule has 0 saturated heterocycles. The van der Waals surface area contributed by atoms with Crippen LogP contribution in [0.4, 0.5) is 17.1 Å². The molecule has 0 spiro atoms. The zero-order chi connectivity index (χ0) is 33.0. The second-order valence-electron chi connectivity index (χ2n) is 9.49. The first-order chi connectivity index (χ1) is 21.3. The lowest BCUT2D eigenvalue weighted by molar-refractivity contribution is -0.385. The highest BCUT2D eigenvalue weighted by atomic mass is 35.5. The van der Waals surface area contributed by atoms with Gasteiger partial charge in [0.1, 0.15) is 0 Å². The number of benzene rings is 4. The Kier molecular flexibility index (Phi) is 9.74. The third-order valence-corrected chi connectivity index (χ3v) is 7.31. The predicted molar refractivity (Wildman–Crippen MR) is 161 cm³/mol. The maximum absolute atomic E-state index is 12.8. The number of amides is 1. The standard InChI is InChI=1S/C29H20Cl2N4O10/c30-23-10-14(1-5-20(23)26(33-41)21-12-16(34(42)43)3-6-18(21)28(37)38)9-15-2-8-25(24(31)11-15)32-27(36)22-13-17(35(44)45)4-7-19(22)29(39)40/h1-8,10-13,26,33,41H,9H2,(H,32,36)(H,37,38)(H,39,40). The van der Waals surface area contributed by atoms with Crippen molar-refractivity contribution in [3.05, 3.63) is 142 Å². The number of non-ortho nitro benzene ring substituents is 2. The number of carboxylic acids is 2. The van der Waals surface area contributed by atoms with Crippen LogP contribution in [0.1, 0.15) is 59.4 Å². The number of nitrogens with zero attached hydrogens (tertiary/aromatic N) is 2. The number of anilines is 1. The van der Waals surface area contributed by atoms with Gasteiger partial charge in [-0.25, -0.2) is 9.59 Å². The Labute approximate surface area is 262 Å². The molecule has 0 aliphatic carbocycles. The first-order valence-corrected chi connectivity index (χ1v) is 13.4. The average Bonchev–Trinajstić information content (AvgIpc) is 2.99. The second kappa shape index (κ2) is 13.5. The number of hydroxylamine groups is 1. The van der Waals surface area contributed by atoms with Crippen LogP contribution >= 0.6 is 23.2 Å². The van der Waals surface area contributed by atoms with Gasteiger partial charge in [0.25, 0.3) is 17.3 Å². The number of nitro groups is 2. The Morgan fingerprint density at radius 2 is 1.27 bits per heavy atom. The van der Waals surface area contributed by atoms with Crippen molar-refractivity contribution in [2.45, 2.75) is 12.5 Å². The SMILES string of the molecule is O=C(O)c1ccc([N+](=O)[O-])cc1C(=O)Nc1ccc(Cc2ccc(C(NO)c3cc([N+](=O)[O-])ccc3C(=O)O)c(Cl)c2)cc1Cl. The summed E-state index contributed by atoms with van der Waals surface area (Å²) >= 11 is 12.9. The number of halogens is 2. The molecule has 4 rings (SSSR count). The predicted octanol–water partition coefficient (Wildman–Crippen LogP) is 6.12. The van der Waals surface area contributed by atoms with Gasteiger partial charge in [-0.15, -0.1) is 0 Å². The highest BCUT2D eigenvalue weighted by molar-refractivity contribution is 6.34. The van der Waals surface area contributed by atoms with Gasteiger partial charge in [0, 0.05) is 29.3 Å². The van der Waals surface area contributed by atoms with Crippen LogP contribution in [0.3, 0.4) is 0 Å². The molecule has 0 radical (unpaired) electrons. The van der Waals surface area contributed by atoms with Crippen LogP contribution < -0.4 is 10.8 Å². The number of nitro benzene ring substituents is 2. The molecule has 0 saturated carbocycles. The summed E-state index contributed by atoms with van der Waals surface area (Å²) in [5.41, 5.74) is 1.58. The van der Waals surface area contributed by atoms with Gasteiger partial charge >= 0.3 is 11.9 Å². The molecule has 16 heteroatoms. The number of hydrogen-bond acceptors (Lipinski definition) is 9. The number of rotatable bonds is 11. The highest BCUT2D eigenvalue weighted by Gasteiger charge is 2.26. The molecule has 14 nitrogen and oxygen atoms in total. The number of carboxylic acid groups (broad SMARTS) is 2. The minimum absolute atomic E-state index is 0.0844. The van der Waals surface area contributed by atoms with E-state index in [1.54, 1.807) is 18.2 Å². The lowest BCUT2D eigenvalue weighted by Gasteiger charge is -2.20. The van der Waals surface area contributed by atoms with Gasteiger partial charge in [-0.05, 0) is 59.0 Å². The van der Waals surface area contributed by atoms with Crippen LogP contribution in [0, 0.1) is 20.2 Å². The topological polar surface area (TPSA) is 222 Å². The van der Waals surface area contributed by atoms with E-state index >= 15 is 0 Å². The molecule has 1 atom stereocenters. The molecule has 4 aromatic carbocycles. The molecule has 0 fully saturated rings. The van der Waals surface area contributed by atoms with Gasteiger partial charge in [-0.1, -0.05) is 41.4 Å². The summed E-state index contributed by atoms with van der Waals surface area (Å²) < 4.78 is 0. The Morgan fingerprint density at radius 1 is 0.711 bits per heavy atom. The third kappa shape index (κ3) is 7.22. The summed E-state index contributed by atoms with van der Waals surface area (Å²) in [4.78, 5) is 57.1. The van der Waals surface area contributed by atoms with Gasteiger partial charge in [-0.2, -0.15) is 5.48 Å². The van der Waals surface area contributed by atoms with E-state index in [1.165, 1.54) is 18.2 Å². The number of carbonyl (C=O) groups is 3. The van der Waals surface area contributed by atoms with Crippen LogP contribution in [0.25, 0.3) is 0 Å². The van der Waals surface area contributed by atoms with Crippen molar-refractivity contribution in [2.75, 3.05) is 5.32 Å². The first kappa shape index (κ1) is 32.5. The molecule has 0 bridgehead atoms. The molecule has 230 valence electrons. The van der Waals surface area contributed by atoms with Crippen molar-refractivity contribution in [2.24, 2.45) is 0 Å². The van der Waals surface area contributed by atoms with E-state index < -0.39 is 50.5 Å². The summed E-state index contributed by atoms with van der Waals surface area (Å²) in [6.45, 7) is 0. The summed E-state index contributed by atoms with van der Waals surface area (Å²) in [5.74, 6) is -3.73. The van der Waals surface area contributed by atoms with Gasteiger partial charge in [-0.3, -0.25) is 25.0 Å². The van der Waals surface area contributed by atoms with Crippen LogP contribution in [0.2, 0.25) is 10.0 Å². The maximum atomic E-state index is 12.8. The smallest absolute Gasteiger partial charge is 0.336 e. The fraction of sp³-hybridized carbons (Fsp3) is 0.0690. The normalized spacial score (nSPS) is 11.4. The molecular weight excluding hydrogens is 635 g/mol. The molecule has 0 heterocycles. The summed E-state index contributed by atoms with van der Waals surface area (Å²) in [5, 5.41) is 53.9. The van der Waals surface area contributed by atoms with E-state index in [-0.39, 0.29) is 44.5 Å².